The number of nitrogens with one attached hydrogen (secondary N) is 2. The topological polar surface area (TPSA) is 137 Å². The van der Waals surface area contributed by atoms with Gasteiger partial charge in [0.25, 0.3) is 11.8 Å². The normalized spacial score (nSPS) is 19.1. The van der Waals surface area contributed by atoms with Crippen LogP contribution in [0.5, 0.6) is 0 Å². The van der Waals surface area contributed by atoms with Gasteiger partial charge >= 0.3 is 17.9 Å². The summed E-state index contributed by atoms with van der Waals surface area (Å²) in [6.07, 6.45) is -4.04. The van der Waals surface area contributed by atoms with Crippen molar-refractivity contribution in [3.05, 3.63) is 0 Å². The quantitative estimate of drug-likeness (QED) is 0.198. The molecule has 0 bridgehead atoms. The zero-order valence-corrected chi connectivity index (χ0v) is 26.8. The van der Waals surface area contributed by atoms with E-state index in [2.05, 4.69) is 10.6 Å². The van der Waals surface area contributed by atoms with Crippen molar-refractivity contribution in [3.63, 3.8) is 0 Å². The number of carbonyl (C=O) groups is 5. The standard InChI is InChI=1S/C25H40N2O8S4/c1-14(8-18(28)35-20(24(2,3)4)22(31)27-16-12-38-39-13-16)33-19(29)9-17(34-23(32)25(5,6)7)21(30)26-15-10-36-37-11-15/h14-17,20H,8-13H2,1-7H3,(H,26,30)(H,27,31). The third kappa shape index (κ3) is 12.0. The summed E-state index contributed by atoms with van der Waals surface area (Å²) in [6.45, 7) is 11.9. The smallest absolute Gasteiger partial charge is 0.312 e. The molecular formula is C25H40N2O8S4. The van der Waals surface area contributed by atoms with Crippen LogP contribution in [0.4, 0.5) is 0 Å². The third-order valence-corrected chi connectivity index (χ3v) is 10.6. The van der Waals surface area contributed by atoms with Gasteiger partial charge in [-0.15, -0.1) is 0 Å². The van der Waals surface area contributed by atoms with Gasteiger partial charge < -0.3 is 24.8 Å². The summed E-state index contributed by atoms with van der Waals surface area (Å²) in [6, 6.07) is -0.0770. The molecule has 2 N–H and O–H groups in total. The molecule has 2 aliphatic heterocycles. The molecule has 2 rings (SSSR count). The fourth-order valence-corrected chi connectivity index (χ4v) is 8.62. The van der Waals surface area contributed by atoms with Gasteiger partial charge in [-0.1, -0.05) is 63.9 Å². The molecule has 222 valence electrons. The van der Waals surface area contributed by atoms with Crippen molar-refractivity contribution in [1.82, 2.24) is 10.6 Å². The lowest BCUT2D eigenvalue weighted by atomic mass is 9.88. The summed E-state index contributed by atoms with van der Waals surface area (Å²) < 4.78 is 16.3. The van der Waals surface area contributed by atoms with Crippen LogP contribution in [0.15, 0.2) is 0 Å². The van der Waals surface area contributed by atoms with Gasteiger partial charge in [0.15, 0.2) is 12.2 Å². The Balaban J connectivity index is 1.94. The van der Waals surface area contributed by atoms with E-state index in [1.165, 1.54) is 6.92 Å². The van der Waals surface area contributed by atoms with Gasteiger partial charge in [0, 0.05) is 40.5 Å². The minimum absolute atomic E-state index is 0.0136. The van der Waals surface area contributed by atoms with Crippen molar-refractivity contribution in [1.29, 1.82) is 0 Å². The third-order valence-electron chi connectivity index (χ3n) is 5.50. The Hall–Kier alpha value is -1.25. The van der Waals surface area contributed by atoms with Crippen LogP contribution in [0, 0.1) is 10.8 Å². The first kappa shape index (κ1) is 34.0. The highest BCUT2D eigenvalue weighted by molar-refractivity contribution is 8.77. The summed E-state index contributed by atoms with van der Waals surface area (Å²) in [5.41, 5.74) is -1.52. The molecule has 0 saturated carbocycles. The first-order valence-electron chi connectivity index (χ1n) is 12.8. The lowest BCUT2D eigenvalue weighted by Gasteiger charge is -2.30. The highest BCUT2D eigenvalue weighted by Crippen LogP contribution is 2.32. The zero-order valence-electron chi connectivity index (χ0n) is 23.5. The second-order valence-corrected chi connectivity index (χ2v) is 16.7. The van der Waals surface area contributed by atoms with Crippen molar-refractivity contribution in [3.8, 4) is 0 Å². The molecule has 0 aromatic heterocycles. The van der Waals surface area contributed by atoms with E-state index >= 15 is 0 Å². The van der Waals surface area contributed by atoms with Crippen LogP contribution in [0.2, 0.25) is 0 Å². The van der Waals surface area contributed by atoms with Crippen molar-refractivity contribution in [2.45, 2.75) is 91.7 Å². The predicted octanol–water partition coefficient (Wildman–Crippen LogP) is 3.37. The number of carbonyl (C=O) groups excluding carboxylic acids is 5. The molecule has 0 aliphatic carbocycles. The Labute approximate surface area is 246 Å². The fraction of sp³-hybridized carbons (Fsp3) is 0.800. The van der Waals surface area contributed by atoms with Crippen molar-refractivity contribution in [2.24, 2.45) is 10.8 Å². The minimum Gasteiger partial charge on any atom is -0.462 e. The lowest BCUT2D eigenvalue weighted by Crippen LogP contribution is -2.49. The van der Waals surface area contributed by atoms with Gasteiger partial charge in [-0.25, -0.2) is 0 Å². The zero-order chi connectivity index (χ0) is 29.4. The number of esters is 3. The summed E-state index contributed by atoms with van der Waals surface area (Å²) in [5, 5.41) is 5.75. The fourth-order valence-electron chi connectivity index (χ4n) is 3.35. The van der Waals surface area contributed by atoms with Crippen LogP contribution in [0.1, 0.15) is 61.3 Å². The van der Waals surface area contributed by atoms with Gasteiger partial charge in [-0.05, 0) is 27.7 Å². The number of ether oxygens (including phenoxy) is 3. The highest BCUT2D eigenvalue weighted by Gasteiger charge is 2.37. The molecule has 0 spiro atoms. The SMILES string of the molecule is CC(CC(=O)OC(C(=O)NC1CSSC1)C(C)(C)C)OC(=O)CC(OC(=O)C(C)(C)C)C(=O)NC1CSSC1. The van der Waals surface area contributed by atoms with Crippen LogP contribution >= 0.6 is 43.2 Å². The molecule has 3 atom stereocenters. The average molecular weight is 625 g/mol. The summed E-state index contributed by atoms with van der Waals surface area (Å²) in [5.74, 6) is -0.0289. The molecule has 3 unspecified atom stereocenters. The average Bonchev–Trinajstić information content (AvgIpc) is 3.49. The summed E-state index contributed by atoms with van der Waals surface area (Å²) >= 11 is 0. The van der Waals surface area contributed by atoms with E-state index in [4.69, 9.17) is 14.2 Å². The van der Waals surface area contributed by atoms with E-state index in [-0.39, 0.29) is 24.4 Å². The monoisotopic (exact) mass is 624 g/mol. The summed E-state index contributed by atoms with van der Waals surface area (Å²) in [7, 11) is 6.62. The molecule has 39 heavy (non-hydrogen) atoms. The lowest BCUT2D eigenvalue weighted by molar-refractivity contribution is -0.170. The van der Waals surface area contributed by atoms with Crippen LogP contribution in [0.3, 0.4) is 0 Å². The van der Waals surface area contributed by atoms with E-state index in [1.54, 1.807) is 84.7 Å². The van der Waals surface area contributed by atoms with Crippen LogP contribution in [-0.4, -0.2) is 83.1 Å². The molecule has 2 aliphatic rings. The van der Waals surface area contributed by atoms with Gasteiger partial charge in [0.05, 0.1) is 18.3 Å². The van der Waals surface area contributed by atoms with Gasteiger partial charge in [-0.2, -0.15) is 0 Å². The molecule has 0 aromatic carbocycles. The van der Waals surface area contributed by atoms with Crippen molar-refractivity contribution < 1.29 is 38.2 Å². The number of hydrogen-bond donors (Lipinski definition) is 2. The largest absolute Gasteiger partial charge is 0.462 e. The first-order valence-corrected chi connectivity index (χ1v) is 17.7. The second-order valence-electron chi connectivity index (χ2n) is 11.6. The molecule has 2 amide bonds. The molecule has 10 nitrogen and oxygen atoms in total. The van der Waals surface area contributed by atoms with Gasteiger partial charge in [0.1, 0.15) is 6.10 Å². The maximum absolute atomic E-state index is 12.8. The molecule has 14 heteroatoms. The van der Waals surface area contributed by atoms with Crippen molar-refractivity contribution >= 4 is 72.9 Å². The summed E-state index contributed by atoms with van der Waals surface area (Å²) in [4.78, 5) is 63.5. The van der Waals surface area contributed by atoms with Crippen LogP contribution in [-0.2, 0) is 38.2 Å². The van der Waals surface area contributed by atoms with Crippen molar-refractivity contribution in [2.75, 3.05) is 23.0 Å². The Bertz CT molecular complexity index is 893. The highest BCUT2D eigenvalue weighted by atomic mass is 33.1. The molecule has 2 saturated heterocycles. The Morgan fingerprint density at radius 3 is 1.64 bits per heavy atom. The van der Waals surface area contributed by atoms with E-state index in [1.807, 2.05) is 0 Å². The Morgan fingerprint density at radius 1 is 0.718 bits per heavy atom. The molecule has 0 aromatic rings. The van der Waals surface area contributed by atoms with E-state index in [0.29, 0.717) is 11.5 Å². The van der Waals surface area contributed by atoms with Gasteiger partial charge in [-0.3, -0.25) is 24.0 Å². The second kappa shape index (κ2) is 15.1. The van der Waals surface area contributed by atoms with E-state index < -0.39 is 59.4 Å². The van der Waals surface area contributed by atoms with E-state index in [9.17, 15) is 24.0 Å². The Kier molecular flexibility index (Phi) is 13.2. The van der Waals surface area contributed by atoms with E-state index in [0.717, 1.165) is 11.5 Å². The molecule has 2 fully saturated rings. The van der Waals surface area contributed by atoms with Crippen LogP contribution < -0.4 is 10.6 Å². The predicted molar refractivity (Wildman–Crippen MR) is 157 cm³/mol. The van der Waals surface area contributed by atoms with Gasteiger partial charge in [0.2, 0.25) is 0 Å². The number of rotatable bonds is 11. The minimum atomic E-state index is -1.36. The maximum atomic E-state index is 12.8. The number of hydrogen-bond acceptors (Lipinski definition) is 12. The molecule has 2 heterocycles. The molecular weight excluding hydrogens is 585 g/mol. The first-order chi connectivity index (χ1) is 18.1. The number of amides is 2. The molecule has 0 radical (unpaired) electrons. The van der Waals surface area contributed by atoms with Crippen LogP contribution in [0.25, 0.3) is 0 Å². The maximum Gasteiger partial charge on any atom is 0.312 e. The Morgan fingerprint density at radius 2 is 1.18 bits per heavy atom.